The van der Waals surface area contributed by atoms with E-state index in [4.69, 9.17) is 14.2 Å². The quantitative estimate of drug-likeness (QED) is 0.356. The average Bonchev–Trinajstić information content (AvgIpc) is 2.91. The van der Waals surface area contributed by atoms with Gasteiger partial charge in [0.2, 0.25) is 0 Å². The van der Waals surface area contributed by atoms with Crippen LogP contribution in [-0.4, -0.2) is 70.2 Å². The van der Waals surface area contributed by atoms with Crippen molar-refractivity contribution in [2.24, 2.45) is 0 Å². The topological polar surface area (TPSA) is 54.4 Å². The van der Waals surface area contributed by atoms with E-state index in [1.807, 2.05) is 36.4 Å². The van der Waals surface area contributed by atoms with Gasteiger partial charge in [-0.15, -0.1) is 0 Å². The molecule has 1 heterocycles. The first-order chi connectivity index (χ1) is 18.1. The number of halogens is 1. The summed E-state index contributed by atoms with van der Waals surface area (Å²) >= 11 is 0. The number of methoxy groups -OCH3 is 2. The van der Waals surface area contributed by atoms with Crippen molar-refractivity contribution in [1.82, 2.24) is 4.90 Å². The van der Waals surface area contributed by atoms with Crippen molar-refractivity contribution in [3.8, 4) is 11.5 Å². The van der Waals surface area contributed by atoms with Crippen LogP contribution in [0.5, 0.6) is 11.5 Å². The van der Waals surface area contributed by atoms with E-state index in [-0.39, 0.29) is 17.6 Å². The number of hydrogen-bond acceptors (Lipinski definition) is 6. The van der Waals surface area contributed by atoms with Crippen LogP contribution in [0.3, 0.4) is 0 Å². The van der Waals surface area contributed by atoms with Gasteiger partial charge in [-0.3, -0.25) is 4.90 Å². The fourth-order valence-electron chi connectivity index (χ4n) is 4.87. The summed E-state index contributed by atoms with van der Waals surface area (Å²) < 4.78 is 30.0. The van der Waals surface area contributed by atoms with Crippen molar-refractivity contribution >= 4 is 5.69 Å². The molecule has 0 aromatic heterocycles. The maximum absolute atomic E-state index is 13.6. The fourth-order valence-corrected chi connectivity index (χ4v) is 4.87. The van der Waals surface area contributed by atoms with Gasteiger partial charge in [0, 0.05) is 46.1 Å². The molecule has 0 aliphatic carbocycles. The second-order valence-electron chi connectivity index (χ2n) is 9.34. The lowest BCUT2D eigenvalue weighted by Gasteiger charge is -2.39. The highest BCUT2D eigenvalue weighted by Crippen LogP contribution is 2.37. The smallest absolute Gasteiger partial charge is 0.123 e. The first-order valence-electron chi connectivity index (χ1n) is 12.8. The zero-order chi connectivity index (χ0) is 26.0. The van der Waals surface area contributed by atoms with Crippen molar-refractivity contribution in [3.05, 3.63) is 89.2 Å². The summed E-state index contributed by atoms with van der Waals surface area (Å²) in [5, 5.41) is 10.0. The normalized spacial score (nSPS) is 15.1. The molecule has 1 atom stereocenters. The molecule has 1 unspecified atom stereocenters. The third kappa shape index (κ3) is 7.44. The monoisotopic (exact) mass is 508 g/mol. The van der Waals surface area contributed by atoms with Gasteiger partial charge in [-0.05, 0) is 78.1 Å². The summed E-state index contributed by atoms with van der Waals surface area (Å²) in [5.41, 5.74) is 4.54. The molecule has 0 bridgehead atoms. The number of rotatable bonds is 13. The van der Waals surface area contributed by atoms with E-state index < -0.39 is 0 Å². The molecular formula is C30H37FN2O4. The second-order valence-corrected chi connectivity index (χ2v) is 9.34. The molecule has 1 N–H and O–H groups in total. The zero-order valence-corrected chi connectivity index (χ0v) is 21.7. The van der Waals surface area contributed by atoms with Crippen molar-refractivity contribution < 1.29 is 23.7 Å². The third-order valence-electron chi connectivity index (χ3n) is 6.89. The van der Waals surface area contributed by atoms with Gasteiger partial charge in [-0.25, -0.2) is 4.39 Å². The summed E-state index contributed by atoms with van der Waals surface area (Å²) in [7, 11) is 3.42. The maximum atomic E-state index is 13.6. The highest BCUT2D eigenvalue weighted by molar-refractivity contribution is 5.53. The van der Waals surface area contributed by atoms with E-state index in [9.17, 15) is 9.50 Å². The molecular weight excluding hydrogens is 471 g/mol. The van der Waals surface area contributed by atoms with Crippen molar-refractivity contribution in [1.29, 1.82) is 0 Å². The lowest BCUT2D eigenvalue weighted by Crippen LogP contribution is -2.36. The highest BCUT2D eigenvalue weighted by atomic mass is 19.1. The van der Waals surface area contributed by atoms with Crippen LogP contribution in [0.15, 0.2) is 66.7 Å². The standard InChI is InChI=1S/C30H37FN2O4/c1-35-18-15-32(16-19-36-2)17-20-37-28-10-3-23(4-11-28)21-30-29-12-9-27(34)22-24(29)13-14-33(30)26-7-5-25(31)6-8-26/h3-12,22,30,34H,13-21H2,1-2H3. The molecule has 0 spiro atoms. The maximum Gasteiger partial charge on any atom is 0.123 e. The Bertz CT molecular complexity index is 1100. The molecule has 0 fully saturated rings. The van der Waals surface area contributed by atoms with Gasteiger partial charge in [-0.1, -0.05) is 18.2 Å². The minimum atomic E-state index is -0.237. The molecule has 1 aliphatic rings. The van der Waals surface area contributed by atoms with Gasteiger partial charge < -0.3 is 24.2 Å². The minimum Gasteiger partial charge on any atom is -0.508 e. The molecule has 0 saturated carbocycles. The van der Waals surface area contributed by atoms with Crippen LogP contribution in [-0.2, 0) is 22.3 Å². The molecule has 7 heteroatoms. The van der Waals surface area contributed by atoms with Gasteiger partial charge in [0.1, 0.15) is 23.9 Å². The van der Waals surface area contributed by atoms with Gasteiger partial charge in [-0.2, -0.15) is 0 Å². The Morgan fingerprint density at radius 1 is 0.892 bits per heavy atom. The van der Waals surface area contributed by atoms with E-state index in [2.05, 4.69) is 21.9 Å². The van der Waals surface area contributed by atoms with Gasteiger partial charge in [0.25, 0.3) is 0 Å². The minimum absolute atomic E-state index is 0.0803. The van der Waals surface area contributed by atoms with Gasteiger partial charge in [0.05, 0.1) is 19.3 Å². The van der Waals surface area contributed by atoms with Crippen molar-refractivity contribution in [2.75, 3.05) is 65.1 Å². The average molecular weight is 509 g/mol. The van der Waals surface area contributed by atoms with Crippen LogP contribution < -0.4 is 9.64 Å². The number of nitrogens with zero attached hydrogens (tertiary/aromatic N) is 2. The number of ether oxygens (including phenoxy) is 3. The SMILES string of the molecule is COCCN(CCOC)CCOc1ccc(CC2c3ccc(O)cc3CCN2c2ccc(F)cc2)cc1. The number of phenolic OH excluding ortho intramolecular Hbond substituents is 1. The summed E-state index contributed by atoms with van der Waals surface area (Å²) in [6, 6.07) is 20.7. The molecule has 1 aliphatic heterocycles. The van der Waals surface area contributed by atoms with Crippen LogP contribution >= 0.6 is 0 Å². The Labute approximate surface area is 219 Å². The summed E-state index contributed by atoms with van der Waals surface area (Å²) in [6.45, 7) is 5.23. The highest BCUT2D eigenvalue weighted by Gasteiger charge is 2.28. The molecule has 37 heavy (non-hydrogen) atoms. The van der Waals surface area contributed by atoms with Crippen LogP contribution in [0.25, 0.3) is 0 Å². The molecule has 0 radical (unpaired) electrons. The molecule has 0 saturated heterocycles. The van der Waals surface area contributed by atoms with Crippen LogP contribution in [0, 0.1) is 5.82 Å². The Morgan fingerprint density at radius 2 is 1.57 bits per heavy atom. The van der Waals surface area contributed by atoms with Gasteiger partial charge >= 0.3 is 0 Å². The molecule has 3 aromatic rings. The van der Waals surface area contributed by atoms with Crippen molar-refractivity contribution in [2.45, 2.75) is 18.9 Å². The van der Waals surface area contributed by atoms with Gasteiger partial charge in [0.15, 0.2) is 0 Å². The van der Waals surface area contributed by atoms with Crippen LogP contribution in [0.4, 0.5) is 10.1 Å². The van der Waals surface area contributed by atoms with Crippen molar-refractivity contribution in [3.63, 3.8) is 0 Å². The van der Waals surface area contributed by atoms with Crippen LogP contribution in [0.2, 0.25) is 0 Å². The number of fused-ring (bicyclic) bond motifs is 1. The van der Waals surface area contributed by atoms with Crippen LogP contribution in [0.1, 0.15) is 22.7 Å². The number of anilines is 1. The lowest BCUT2D eigenvalue weighted by molar-refractivity contribution is 0.104. The first-order valence-corrected chi connectivity index (χ1v) is 12.8. The second kappa shape index (κ2) is 13.4. The Kier molecular flexibility index (Phi) is 9.77. The third-order valence-corrected chi connectivity index (χ3v) is 6.89. The number of hydrogen-bond donors (Lipinski definition) is 1. The largest absolute Gasteiger partial charge is 0.508 e. The molecule has 0 amide bonds. The number of benzene rings is 3. The Morgan fingerprint density at radius 3 is 2.24 bits per heavy atom. The number of phenols is 1. The Hall–Kier alpha value is -3.13. The number of aromatic hydroxyl groups is 1. The van der Waals surface area contributed by atoms with E-state index in [1.165, 1.54) is 23.3 Å². The summed E-state index contributed by atoms with van der Waals surface area (Å²) in [5.74, 6) is 0.891. The first kappa shape index (κ1) is 26.9. The van der Waals surface area contributed by atoms with E-state index in [1.54, 1.807) is 20.3 Å². The zero-order valence-electron chi connectivity index (χ0n) is 21.7. The predicted molar refractivity (Wildman–Crippen MR) is 144 cm³/mol. The Balaban J connectivity index is 1.43. The summed E-state index contributed by atoms with van der Waals surface area (Å²) in [4.78, 5) is 4.60. The van der Waals surface area contributed by atoms with E-state index >= 15 is 0 Å². The molecule has 6 nitrogen and oxygen atoms in total. The van der Waals surface area contributed by atoms with E-state index in [0.717, 1.165) is 56.0 Å². The summed E-state index contributed by atoms with van der Waals surface area (Å²) in [6.07, 6.45) is 1.62. The predicted octanol–water partition coefficient (Wildman–Crippen LogP) is 4.85. The molecule has 198 valence electrons. The molecule has 4 rings (SSSR count). The molecule has 3 aromatic carbocycles. The fraction of sp³-hybridized carbons (Fsp3) is 0.400. The van der Waals surface area contributed by atoms with E-state index in [0.29, 0.717) is 19.8 Å². The lowest BCUT2D eigenvalue weighted by atomic mass is 9.88.